The molecule has 0 aliphatic heterocycles. The fraction of sp³-hybridized carbons (Fsp3) is 0.320. The number of nitrogens with zero attached hydrogens (tertiary/aromatic N) is 2. The third-order valence-corrected chi connectivity index (χ3v) is 5.52. The summed E-state index contributed by atoms with van der Waals surface area (Å²) in [6.07, 6.45) is 2.03. The molecule has 0 spiro atoms. The number of halogens is 1. The lowest BCUT2D eigenvalue weighted by Gasteiger charge is -2.32. The number of para-hydroxylation sites is 1. The average Bonchev–Trinajstić information content (AvgIpc) is 3.14. The summed E-state index contributed by atoms with van der Waals surface area (Å²) >= 11 is 0. The fourth-order valence-electron chi connectivity index (χ4n) is 3.44. The number of aromatic nitrogens is 1. The Labute approximate surface area is 178 Å². The van der Waals surface area contributed by atoms with E-state index in [4.69, 9.17) is 0 Å². The number of anilines is 1. The molecule has 0 saturated heterocycles. The predicted octanol–water partition coefficient (Wildman–Crippen LogP) is 6.06. The number of benzene rings is 2. The largest absolute Gasteiger partial charge is 0.345 e. The smallest absolute Gasteiger partial charge is 0.322 e. The Morgan fingerprint density at radius 3 is 2.53 bits per heavy atom. The van der Waals surface area contributed by atoms with Crippen molar-refractivity contribution in [2.75, 3.05) is 5.32 Å². The molecule has 0 aliphatic carbocycles. The van der Waals surface area contributed by atoms with Gasteiger partial charge in [0.25, 0.3) is 0 Å². The lowest BCUT2D eigenvalue weighted by Crippen LogP contribution is -2.43. The second-order valence-corrected chi connectivity index (χ2v) is 8.14. The lowest BCUT2D eigenvalue weighted by molar-refractivity contribution is 0.168. The maximum atomic E-state index is 14.1. The molecule has 1 atom stereocenters. The standard InChI is InChI=1S/C25H30FN3O/c1-18(2)20(4)29(25(30)27-24-13-6-5-12-23(24)26)17-22-11-8-14-28(22)16-21-10-7-9-19(3)15-21/h5-15,18,20H,16-17H2,1-4H3,(H,27,30). The van der Waals surface area contributed by atoms with Crippen LogP contribution in [-0.2, 0) is 13.1 Å². The Morgan fingerprint density at radius 1 is 1.07 bits per heavy atom. The van der Waals surface area contributed by atoms with Crippen LogP contribution < -0.4 is 5.32 Å². The van der Waals surface area contributed by atoms with Crippen LogP contribution in [0.25, 0.3) is 0 Å². The maximum Gasteiger partial charge on any atom is 0.322 e. The van der Waals surface area contributed by atoms with Crippen molar-refractivity contribution < 1.29 is 9.18 Å². The van der Waals surface area contributed by atoms with Gasteiger partial charge in [-0.15, -0.1) is 0 Å². The van der Waals surface area contributed by atoms with Crippen molar-refractivity contribution in [3.8, 4) is 0 Å². The summed E-state index contributed by atoms with van der Waals surface area (Å²) in [7, 11) is 0. The van der Waals surface area contributed by atoms with Gasteiger partial charge in [0.15, 0.2) is 0 Å². The van der Waals surface area contributed by atoms with Crippen molar-refractivity contribution in [2.24, 2.45) is 5.92 Å². The van der Waals surface area contributed by atoms with Gasteiger partial charge in [0.2, 0.25) is 0 Å². The van der Waals surface area contributed by atoms with Gasteiger partial charge in [0.1, 0.15) is 5.82 Å². The molecular weight excluding hydrogens is 377 g/mol. The van der Waals surface area contributed by atoms with Gasteiger partial charge in [0, 0.05) is 24.5 Å². The van der Waals surface area contributed by atoms with Gasteiger partial charge in [-0.25, -0.2) is 9.18 Å². The van der Waals surface area contributed by atoms with E-state index < -0.39 is 5.82 Å². The molecular formula is C25H30FN3O. The van der Waals surface area contributed by atoms with Gasteiger partial charge in [-0.3, -0.25) is 0 Å². The Bertz CT molecular complexity index is 995. The molecule has 4 nitrogen and oxygen atoms in total. The Kier molecular flexibility index (Phi) is 6.93. The number of carbonyl (C=O) groups is 1. The van der Waals surface area contributed by atoms with E-state index in [0.717, 1.165) is 12.2 Å². The quantitative estimate of drug-likeness (QED) is 0.508. The summed E-state index contributed by atoms with van der Waals surface area (Å²) in [6.45, 7) is 9.46. The zero-order chi connectivity index (χ0) is 21.7. The first-order valence-corrected chi connectivity index (χ1v) is 10.4. The van der Waals surface area contributed by atoms with Crippen LogP contribution >= 0.6 is 0 Å². The molecule has 0 bridgehead atoms. The van der Waals surface area contributed by atoms with Crippen LogP contribution in [0, 0.1) is 18.7 Å². The zero-order valence-electron chi connectivity index (χ0n) is 18.1. The van der Waals surface area contributed by atoms with E-state index in [1.54, 1.807) is 23.1 Å². The van der Waals surface area contributed by atoms with Crippen LogP contribution in [0.2, 0.25) is 0 Å². The van der Waals surface area contributed by atoms with E-state index in [9.17, 15) is 9.18 Å². The van der Waals surface area contributed by atoms with Gasteiger partial charge in [-0.05, 0) is 49.6 Å². The van der Waals surface area contributed by atoms with E-state index in [2.05, 4.69) is 54.9 Å². The van der Waals surface area contributed by atoms with E-state index in [1.807, 2.05) is 25.3 Å². The normalized spacial score (nSPS) is 12.1. The van der Waals surface area contributed by atoms with E-state index in [1.165, 1.54) is 17.2 Å². The van der Waals surface area contributed by atoms with E-state index >= 15 is 0 Å². The molecule has 1 heterocycles. The Morgan fingerprint density at radius 2 is 1.83 bits per heavy atom. The number of carbonyl (C=O) groups excluding carboxylic acids is 1. The van der Waals surface area contributed by atoms with Crippen LogP contribution in [0.15, 0.2) is 66.9 Å². The highest BCUT2D eigenvalue weighted by atomic mass is 19.1. The number of hydrogen-bond acceptors (Lipinski definition) is 1. The number of nitrogens with one attached hydrogen (secondary N) is 1. The molecule has 5 heteroatoms. The highest BCUT2D eigenvalue weighted by Gasteiger charge is 2.24. The molecule has 0 saturated carbocycles. The molecule has 0 aliphatic rings. The van der Waals surface area contributed by atoms with Gasteiger partial charge in [-0.1, -0.05) is 55.8 Å². The average molecular weight is 408 g/mol. The first-order valence-electron chi connectivity index (χ1n) is 10.4. The second-order valence-electron chi connectivity index (χ2n) is 8.14. The third kappa shape index (κ3) is 5.29. The Hall–Kier alpha value is -3.08. The van der Waals surface area contributed by atoms with Crippen molar-refractivity contribution >= 4 is 11.7 Å². The van der Waals surface area contributed by atoms with Crippen LogP contribution in [0.4, 0.5) is 14.9 Å². The van der Waals surface area contributed by atoms with Gasteiger partial charge in [-0.2, -0.15) is 0 Å². The first-order chi connectivity index (χ1) is 14.3. The predicted molar refractivity (Wildman–Crippen MR) is 120 cm³/mol. The number of aryl methyl sites for hydroxylation is 1. The first kappa shape index (κ1) is 21.6. The van der Waals surface area contributed by atoms with Gasteiger partial charge >= 0.3 is 6.03 Å². The van der Waals surface area contributed by atoms with Crippen molar-refractivity contribution in [1.29, 1.82) is 0 Å². The van der Waals surface area contributed by atoms with Crippen LogP contribution in [-0.4, -0.2) is 21.5 Å². The fourth-order valence-corrected chi connectivity index (χ4v) is 3.44. The molecule has 1 aromatic heterocycles. The molecule has 3 rings (SSSR count). The molecule has 1 unspecified atom stereocenters. The van der Waals surface area contributed by atoms with Crippen LogP contribution in [0.5, 0.6) is 0 Å². The summed E-state index contributed by atoms with van der Waals surface area (Å²) in [5, 5.41) is 2.74. The SMILES string of the molecule is Cc1cccc(Cn2cccc2CN(C(=O)Nc2ccccc2F)C(C)C(C)C)c1. The molecule has 30 heavy (non-hydrogen) atoms. The van der Waals surface area contributed by atoms with E-state index in [-0.39, 0.29) is 23.7 Å². The maximum absolute atomic E-state index is 14.1. The number of hydrogen-bond donors (Lipinski definition) is 1. The van der Waals surface area contributed by atoms with Crippen molar-refractivity contribution in [3.63, 3.8) is 0 Å². The minimum atomic E-state index is -0.439. The summed E-state index contributed by atoms with van der Waals surface area (Å²) < 4.78 is 16.2. The number of rotatable bonds is 7. The molecule has 1 N–H and O–H groups in total. The van der Waals surface area contributed by atoms with Crippen molar-refractivity contribution in [1.82, 2.24) is 9.47 Å². The third-order valence-electron chi connectivity index (χ3n) is 5.52. The number of amides is 2. The summed E-state index contributed by atoms with van der Waals surface area (Å²) in [5.74, 6) is -0.178. The zero-order valence-corrected chi connectivity index (χ0v) is 18.1. The number of urea groups is 1. The minimum Gasteiger partial charge on any atom is -0.345 e. The summed E-state index contributed by atoms with van der Waals surface area (Å²) in [6, 6.07) is 18.4. The molecule has 2 aromatic carbocycles. The Balaban J connectivity index is 1.81. The molecule has 3 aromatic rings. The molecule has 0 radical (unpaired) electrons. The summed E-state index contributed by atoms with van der Waals surface area (Å²) in [5.41, 5.74) is 3.67. The molecule has 2 amide bonds. The topological polar surface area (TPSA) is 37.3 Å². The van der Waals surface area contributed by atoms with Crippen molar-refractivity contribution in [3.05, 3.63) is 89.5 Å². The van der Waals surface area contributed by atoms with Gasteiger partial charge in [0.05, 0.1) is 12.2 Å². The van der Waals surface area contributed by atoms with Crippen LogP contribution in [0.3, 0.4) is 0 Å². The summed E-state index contributed by atoms with van der Waals surface area (Å²) in [4.78, 5) is 14.9. The van der Waals surface area contributed by atoms with Gasteiger partial charge < -0.3 is 14.8 Å². The monoisotopic (exact) mass is 407 g/mol. The lowest BCUT2D eigenvalue weighted by atomic mass is 10.0. The van der Waals surface area contributed by atoms with Crippen LogP contribution in [0.1, 0.15) is 37.6 Å². The molecule has 158 valence electrons. The highest BCUT2D eigenvalue weighted by molar-refractivity contribution is 5.89. The highest BCUT2D eigenvalue weighted by Crippen LogP contribution is 2.20. The van der Waals surface area contributed by atoms with E-state index in [0.29, 0.717) is 6.54 Å². The molecule has 0 fully saturated rings. The van der Waals surface area contributed by atoms with Crippen molar-refractivity contribution in [2.45, 2.75) is 46.8 Å². The second kappa shape index (κ2) is 9.61. The minimum absolute atomic E-state index is 0.0147.